The van der Waals surface area contributed by atoms with Crippen LogP contribution in [0.1, 0.15) is 17.7 Å². The molecular formula is C18H24N4O3. The lowest BCUT2D eigenvalue weighted by Crippen LogP contribution is -2.39. The fourth-order valence-corrected chi connectivity index (χ4v) is 3.19. The molecule has 2 aromatic rings. The van der Waals surface area contributed by atoms with Gasteiger partial charge in [-0.25, -0.2) is 0 Å². The predicted molar refractivity (Wildman–Crippen MR) is 95.1 cm³/mol. The van der Waals surface area contributed by atoms with Crippen molar-refractivity contribution in [2.45, 2.75) is 25.9 Å². The SMILES string of the molecule is COc1cc(OC)cc(N2CCC(N(C)Cc3cn[nH]c3C)C2=O)c1. The lowest BCUT2D eigenvalue weighted by molar-refractivity contribution is -0.121. The van der Waals surface area contributed by atoms with E-state index in [1.54, 1.807) is 25.2 Å². The zero-order valence-electron chi connectivity index (χ0n) is 15.1. The number of nitrogens with zero attached hydrogens (tertiary/aromatic N) is 3. The van der Waals surface area contributed by atoms with Gasteiger partial charge in [0.15, 0.2) is 0 Å². The summed E-state index contributed by atoms with van der Waals surface area (Å²) in [7, 11) is 5.19. The molecule has 1 fully saturated rings. The predicted octanol–water partition coefficient (Wildman–Crippen LogP) is 1.97. The van der Waals surface area contributed by atoms with Gasteiger partial charge in [0.1, 0.15) is 11.5 Å². The molecule has 1 saturated heterocycles. The van der Waals surface area contributed by atoms with E-state index in [-0.39, 0.29) is 11.9 Å². The number of likely N-dealkylation sites (N-methyl/N-ethyl adjacent to an activating group) is 1. The molecule has 1 amide bonds. The lowest BCUT2D eigenvalue weighted by atomic mass is 10.2. The fourth-order valence-electron chi connectivity index (χ4n) is 3.19. The van der Waals surface area contributed by atoms with Crippen molar-refractivity contribution in [3.8, 4) is 11.5 Å². The summed E-state index contributed by atoms with van der Waals surface area (Å²) in [4.78, 5) is 16.8. The molecule has 0 saturated carbocycles. The Morgan fingerprint density at radius 2 is 1.96 bits per heavy atom. The van der Waals surface area contributed by atoms with Crippen LogP contribution in [0.3, 0.4) is 0 Å². The van der Waals surface area contributed by atoms with Crippen molar-refractivity contribution >= 4 is 11.6 Å². The van der Waals surface area contributed by atoms with Crippen LogP contribution >= 0.6 is 0 Å². The minimum absolute atomic E-state index is 0.0963. The summed E-state index contributed by atoms with van der Waals surface area (Å²) in [5.41, 5.74) is 2.94. The van der Waals surface area contributed by atoms with E-state index in [0.717, 1.165) is 23.4 Å². The summed E-state index contributed by atoms with van der Waals surface area (Å²) in [5, 5.41) is 6.98. The number of amides is 1. The van der Waals surface area contributed by atoms with Crippen molar-refractivity contribution in [1.82, 2.24) is 15.1 Å². The summed E-state index contributed by atoms with van der Waals surface area (Å²) in [6, 6.07) is 5.38. The summed E-state index contributed by atoms with van der Waals surface area (Å²) in [6.07, 6.45) is 2.60. The van der Waals surface area contributed by atoms with Gasteiger partial charge in [-0.2, -0.15) is 5.10 Å². The molecule has 7 nitrogen and oxygen atoms in total. The molecule has 3 rings (SSSR count). The maximum Gasteiger partial charge on any atom is 0.244 e. The van der Waals surface area contributed by atoms with Crippen LogP contribution in [0.25, 0.3) is 0 Å². The number of carbonyl (C=O) groups excluding carboxylic acids is 1. The molecule has 2 heterocycles. The van der Waals surface area contributed by atoms with Crippen molar-refractivity contribution in [1.29, 1.82) is 0 Å². The molecular weight excluding hydrogens is 320 g/mol. The Morgan fingerprint density at radius 1 is 1.28 bits per heavy atom. The van der Waals surface area contributed by atoms with E-state index in [4.69, 9.17) is 9.47 Å². The Balaban J connectivity index is 1.76. The van der Waals surface area contributed by atoms with Crippen LogP contribution in [0.15, 0.2) is 24.4 Å². The third-order valence-corrected chi connectivity index (χ3v) is 4.71. The zero-order chi connectivity index (χ0) is 18.0. The van der Waals surface area contributed by atoms with Crippen molar-refractivity contribution in [3.05, 3.63) is 35.7 Å². The molecule has 1 aromatic carbocycles. The Morgan fingerprint density at radius 3 is 2.52 bits per heavy atom. The largest absolute Gasteiger partial charge is 0.497 e. The number of nitrogens with one attached hydrogen (secondary N) is 1. The van der Waals surface area contributed by atoms with E-state index in [1.807, 2.05) is 32.3 Å². The van der Waals surface area contributed by atoms with Crippen LogP contribution in [0.4, 0.5) is 5.69 Å². The van der Waals surface area contributed by atoms with E-state index in [0.29, 0.717) is 24.6 Å². The third kappa shape index (κ3) is 3.46. The number of aromatic amines is 1. The van der Waals surface area contributed by atoms with E-state index < -0.39 is 0 Å². The number of benzene rings is 1. The standard InChI is InChI=1S/C18H24N4O3/c1-12-13(10-19-20-12)11-21(2)17-5-6-22(18(17)23)14-7-15(24-3)9-16(8-14)25-4/h7-10,17H,5-6,11H2,1-4H3,(H,19,20). The number of rotatable bonds is 6. The van der Waals surface area contributed by atoms with E-state index >= 15 is 0 Å². The number of methoxy groups -OCH3 is 2. The average molecular weight is 344 g/mol. The van der Waals surface area contributed by atoms with Gasteiger partial charge in [-0.3, -0.25) is 14.8 Å². The van der Waals surface area contributed by atoms with Gasteiger partial charge in [0.25, 0.3) is 0 Å². The number of aromatic nitrogens is 2. The van der Waals surface area contributed by atoms with Crippen molar-refractivity contribution in [2.24, 2.45) is 0 Å². The molecule has 0 spiro atoms. The number of H-pyrrole nitrogens is 1. The van der Waals surface area contributed by atoms with Crippen LogP contribution in [-0.4, -0.2) is 54.9 Å². The highest BCUT2D eigenvalue weighted by atomic mass is 16.5. The molecule has 1 aliphatic rings. The van der Waals surface area contributed by atoms with E-state index in [1.165, 1.54) is 0 Å². The van der Waals surface area contributed by atoms with Gasteiger partial charge in [-0.15, -0.1) is 0 Å². The molecule has 1 aromatic heterocycles. The fraction of sp³-hybridized carbons (Fsp3) is 0.444. The second-order valence-electron chi connectivity index (χ2n) is 6.30. The van der Waals surface area contributed by atoms with Gasteiger partial charge in [0.05, 0.1) is 32.1 Å². The Labute approximate surface area is 147 Å². The third-order valence-electron chi connectivity index (χ3n) is 4.71. The molecule has 1 unspecified atom stereocenters. The van der Waals surface area contributed by atoms with Crippen LogP contribution in [-0.2, 0) is 11.3 Å². The summed E-state index contributed by atoms with van der Waals surface area (Å²) in [6.45, 7) is 3.35. The summed E-state index contributed by atoms with van der Waals surface area (Å²) >= 11 is 0. The molecule has 134 valence electrons. The monoisotopic (exact) mass is 344 g/mol. The average Bonchev–Trinajstić information content (AvgIpc) is 3.20. The number of hydrogen-bond donors (Lipinski definition) is 1. The summed E-state index contributed by atoms with van der Waals surface area (Å²) in [5.74, 6) is 1.44. The number of ether oxygens (including phenoxy) is 2. The first-order valence-corrected chi connectivity index (χ1v) is 8.27. The molecule has 7 heteroatoms. The maximum absolute atomic E-state index is 12.9. The second-order valence-corrected chi connectivity index (χ2v) is 6.30. The first kappa shape index (κ1) is 17.3. The van der Waals surface area contributed by atoms with Crippen molar-refractivity contribution < 1.29 is 14.3 Å². The van der Waals surface area contributed by atoms with Crippen LogP contribution in [0, 0.1) is 6.92 Å². The zero-order valence-corrected chi connectivity index (χ0v) is 15.1. The van der Waals surface area contributed by atoms with Gasteiger partial charge >= 0.3 is 0 Å². The maximum atomic E-state index is 12.9. The van der Waals surface area contributed by atoms with Crippen molar-refractivity contribution in [3.63, 3.8) is 0 Å². The Bertz CT molecular complexity index is 736. The van der Waals surface area contributed by atoms with Gasteiger partial charge in [-0.1, -0.05) is 0 Å². The highest BCUT2D eigenvalue weighted by Crippen LogP contribution is 2.32. The quantitative estimate of drug-likeness (QED) is 0.868. The van der Waals surface area contributed by atoms with Crippen LogP contribution in [0.2, 0.25) is 0 Å². The minimum Gasteiger partial charge on any atom is -0.497 e. The molecule has 1 atom stereocenters. The number of hydrogen-bond acceptors (Lipinski definition) is 5. The van der Waals surface area contributed by atoms with E-state index in [9.17, 15) is 4.79 Å². The number of aryl methyl sites for hydroxylation is 1. The Hall–Kier alpha value is -2.54. The van der Waals surface area contributed by atoms with E-state index in [2.05, 4.69) is 15.1 Å². The van der Waals surface area contributed by atoms with Crippen LogP contribution in [0.5, 0.6) is 11.5 Å². The molecule has 25 heavy (non-hydrogen) atoms. The smallest absolute Gasteiger partial charge is 0.244 e. The second kappa shape index (κ2) is 7.14. The normalized spacial score (nSPS) is 17.4. The molecule has 1 aliphatic heterocycles. The van der Waals surface area contributed by atoms with Crippen molar-refractivity contribution in [2.75, 3.05) is 32.7 Å². The number of anilines is 1. The van der Waals surface area contributed by atoms with Gasteiger partial charge in [0, 0.05) is 42.5 Å². The minimum atomic E-state index is -0.147. The molecule has 0 radical (unpaired) electrons. The summed E-state index contributed by atoms with van der Waals surface area (Å²) < 4.78 is 10.6. The number of carbonyl (C=O) groups is 1. The molecule has 1 N–H and O–H groups in total. The lowest BCUT2D eigenvalue weighted by Gasteiger charge is -2.24. The first-order valence-electron chi connectivity index (χ1n) is 8.27. The van der Waals surface area contributed by atoms with Gasteiger partial charge in [-0.05, 0) is 20.4 Å². The molecule has 0 aliphatic carbocycles. The van der Waals surface area contributed by atoms with Gasteiger partial charge < -0.3 is 14.4 Å². The highest BCUT2D eigenvalue weighted by molar-refractivity contribution is 5.99. The first-order chi connectivity index (χ1) is 12.0. The van der Waals surface area contributed by atoms with Gasteiger partial charge in [0.2, 0.25) is 5.91 Å². The highest BCUT2D eigenvalue weighted by Gasteiger charge is 2.35. The van der Waals surface area contributed by atoms with Crippen LogP contribution < -0.4 is 14.4 Å². The molecule has 0 bridgehead atoms. The topological polar surface area (TPSA) is 70.7 Å². The Kier molecular flexibility index (Phi) is 4.94.